The Bertz CT molecular complexity index is 3460. The number of hydrogen-bond acceptors (Lipinski definition) is 14. The molecule has 16 saturated carbocycles. The van der Waals surface area contributed by atoms with Crippen LogP contribution in [-0.2, 0) is 66.8 Å². The van der Waals surface area contributed by atoms with Crippen LogP contribution in [0.3, 0.4) is 0 Å². The smallest absolute Gasteiger partial charge is 0.317 e. The number of carbonyl (C=O) groups excluding carboxylic acids is 7. The van der Waals surface area contributed by atoms with Gasteiger partial charge in [-0.1, -0.05) is 182 Å². The minimum atomic E-state index is -0.522. The van der Waals surface area contributed by atoms with Crippen LogP contribution in [0, 0.1) is 212 Å². The van der Waals surface area contributed by atoms with E-state index in [1.807, 2.05) is 20.8 Å². The summed E-state index contributed by atoms with van der Waals surface area (Å²) < 4.78 is 32.8. The van der Waals surface area contributed by atoms with Crippen LogP contribution in [0.15, 0.2) is 0 Å². The summed E-state index contributed by atoms with van der Waals surface area (Å²) in [7, 11) is 0. The maximum atomic E-state index is 13.1. The molecule has 0 aromatic heterocycles. The first kappa shape index (κ1) is 96.1. The van der Waals surface area contributed by atoms with Crippen molar-refractivity contribution in [1.29, 1.82) is 0 Å². The standard InChI is InChI=1S/C22H36O2.C19H30O2.C19H32O2.C15H24O2.2C12H20O2.C6H8O3.CH4/c1-4-14-11-15(5-2)20-17-12-16(19(14)20)13-18(17)21(23)24-22(6-3)9-7-8-10-22;1-4-19(10-13-5-6-15(19)7-13)21-18(20)17-9-14-8-16(17)12(3)11(14)2;1-6-11-8-12(7-2)17-14-9-13(16(11)17)10-15(14)18(20)21-19(3,4)5;1-3-8-5-9(4-2)14-11-6-10(13(8)14)7-12(11)15(16)17;2*1-3-9-7-10(4-2)12(8-9)5-6-14-11(12)13;1-3-4(2)6(8)9-5(3)7;/h14-20H,4-13H2,1-3H3;11-17H,4-10H2,1-3H3;11-17H,6-10H2,1-5H3;8-14H,3-7H2,1-2H3,(H,16,17);2*9-10H,3-8H2,1-2H3;3-4H,1-2H3;1H4. The highest BCUT2D eigenvalue weighted by Crippen LogP contribution is 2.70. The lowest BCUT2D eigenvalue weighted by Crippen LogP contribution is -2.43. The van der Waals surface area contributed by atoms with Gasteiger partial charge in [-0.05, 0) is 360 Å². The Morgan fingerprint density at radius 3 is 1.14 bits per heavy atom. The van der Waals surface area contributed by atoms with Crippen molar-refractivity contribution in [3.63, 3.8) is 0 Å². The minimum Gasteiger partial charge on any atom is -0.481 e. The molecule has 121 heavy (non-hydrogen) atoms. The third-order valence-electron chi connectivity index (χ3n) is 39.8. The number of cyclic esters (lactones) is 4. The van der Waals surface area contributed by atoms with Gasteiger partial charge in [-0.3, -0.25) is 38.4 Å². The van der Waals surface area contributed by atoms with Gasteiger partial charge in [0, 0.05) is 0 Å². The van der Waals surface area contributed by atoms with Gasteiger partial charge in [0.1, 0.15) is 16.8 Å². The van der Waals surface area contributed by atoms with Gasteiger partial charge in [-0.25, -0.2) is 0 Å². The van der Waals surface area contributed by atoms with Crippen molar-refractivity contribution in [3.05, 3.63) is 0 Å². The highest BCUT2D eigenvalue weighted by Gasteiger charge is 2.66. The summed E-state index contributed by atoms with van der Waals surface area (Å²) in [5, 5.41) is 9.34. The summed E-state index contributed by atoms with van der Waals surface area (Å²) >= 11 is 0. The maximum Gasteiger partial charge on any atom is 0.317 e. The maximum absolute atomic E-state index is 13.1. The molecule has 10 bridgehead atoms. The van der Waals surface area contributed by atoms with Crippen molar-refractivity contribution in [2.24, 2.45) is 212 Å². The van der Waals surface area contributed by atoms with E-state index in [-0.39, 0.29) is 100 Å². The van der Waals surface area contributed by atoms with Gasteiger partial charge in [0.05, 0.1) is 59.6 Å². The van der Waals surface area contributed by atoms with Crippen molar-refractivity contribution in [2.45, 2.75) is 393 Å². The summed E-state index contributed by atoms with van der Waals surface area (Å²) in [6.45, 7) is 42.7. The molecule has 19 rings (SSSR count). The second kappa shape index (κ2) is 39.5. The topological polar surface area (TPSA) is 212 Å². The number of ether oxygens (including phenoxy) is 6. The first-order valence-corrected chi connectivity index (χ1v) is 51.3. The molecule has 19 fully saturated rings. The molecule has 3 saturated heterocycles. The number of fused-ring (bicyclic) bond motifs is 19. The summed E-state index contributed by atoms with van der Waals surface area (Å²) in [5.74, 6) is 21.1. The van der Waals surface area contributed by atoms with Crippen molar-refractivity contribution in [1.82, 2.24) is 0 Å². The summed E-state index contributed by atoms with van der Waals surface area (Å²) in [6, 6.07) is 0. The number of esters is 7. The zero-order valence-electron chi connectivity index (χ0n) is 78.9. The molecule has 19 aliphatic rings. The number of rotatable bonds is 18. The zero-order chi connectivity index (χ0) is 86.6. The van der Waals surface area contributed by atoms with Gasteiger partial charge in [-0.15, -0.1) is 0 Å². The Morgan fingerprint density at radius 1 is 0.413 bits per heavy atom. The molecule has 37 atom stereocenters. The predicted octanol–water partition coefficient (Wildman–Crippen LogP) is 24.6. The van der Waals surface area contributed by atoms with Crippen LogP contribution in [0.5, 0.6) is 0 Å². The fourth-order valence-electron chi connectivity index (χ4n) is 33.2. The summed E-state index contributed by atoms with van der Waals surface area (Å²) in [6.07, 6.45) is 44.6. The molecule has 688 valence electrons. The Labute approximate surface area is 734 Å². The lowest BCUT2D eigenvalue weighted by molar-refractivity contribution is -0.174. The summed E-state index contributed by atoms with van der Waals surface area (Å²) in [5.41, 5.74) is -0.685. The largest absolute Gasteiger partial charge is 0.481 e. The first-order valence-electron chi connectivity index (χ1n) is 51.3. The van der Waals surface area contributed by atoms with Crippen LogP contribution in [0.4, 0.5) is 0 Å². The average molecular weight is 1690 g/mol. The van der Waals surface area contributed by atoms with Crippen LogP contribution in [0.2, 0.25) is 0 Å². The number of aliphatic carboxylic acids is 1. The second-order valence-electron chi connectivity index (χ2n) is 45.4. The van der Waals surface area contributed by atoms with E-state index in [0.29, 0.717) is 60.6 Å². The van der Waals surface area contributed by atoms with Gasteiger partial charge in [0.2, 0.25) is 0 Å². The van der Waals surface area contributed by atoms with Gasteiger partial charge in [0.15, 0.2) is 0 Å². The Morgan fingerprint density at radius 2 is 0.810 bits per heavy atom. The average Bonchev–Trinajstić information content (AvgIpc) is 1.57. The molecule has 16 aliphatic carbocycles. The van der Waals surface area contributed by atoms with E-state index in [9.17, 15) is 43.5 Å². The van der Waals surface area contributed by atoms with E-state index in [0.717, 1.165) is 215 Å². The van der Waals surface area contributed by atoms with E-state index in [2.05, 4.69) is 102 Å². The fourth-order valence-corrected chi connectivity index (χ4v) is 33.2. The lowest BCUT2D eigenvalue weighted by Gasteiger charge is -2.39. The molecule has 15 nitrogen and oxygen atoms in total. The van der Waals surface area contributed by atoms with E-state index >= 15 is 0 Å². The highest BCUT2D eigenvalue weighted by molar-refractivity contribution is 5.96. The minimum absolute atomic E-state index is 0. The van der Waals surface area contributed by atoms with Gasteiger partial charge in [0.25, 0.3) is 0 Å². The zero-order valence-corrected chi connectivity index (χ0v) is 78.9. The molecule has 15 heteroatoms. The SMILES string of the molecule is C.CC1C(=O)OC(=O)C1C.CCC1(OC(=O)C2CC3CC2C(C)C3C)CC2CCC1C2.CCC1CC(CC)C2(CCOC2=O)C1.CCC1CC(CC)C2(CCOC2=O)C1.CCC1CC(CC)C2C3CC(CC3C(=O)O)C12.CCC1CC(CC)C2C3CC(CC3C(=O)OC(C)(C)C)C12.CCC1CC(CC)C2C3CC(CC3C(=O)OC3(CC)CCCC3)C12. The van der Waals surface area contributed by atoms with Crippen LogP contribution in [0.1, 0.15) is 377 Å². The molecule has 0 amide bonds. The van der Waals surface area contributed by atoms with Crippen molar-refractivity contribution < 1.29 is 71.9 Å². The monoisotopic (exact) mass is 1690 g/mol. The normalized spacial score (nSPS) is 45.8. The molecule has 0 aromatic carbocycles. The Balaban J connectivity index is 0.000000131. The quantitative estimate of drug-likeness (QED) is 0.0768. The number of carboxylic acid groups (broad SMARTS) is 1. The van der Waals surface area contributed by atoms with E-state index < -0.39 is 17.9 Å². The molecular formula is C106H174O15. The van der Waals surface area contributed by atoms with Crippen LogP contribution in [0.25, 0.3) is 0 Å². The molecule has 0 radical (unpaired) electrons. The van der Waals surface area contributed by atoms with Gasteiger partial charge in [-0.2, -0.15) is 0 Å². The Kier molecular flexibility index (Phi) is 31.4. The van der Waals surface area contributed by atoms with Crippen LogP contribution < -0.4 is 0 Å². The third kappa shape index (κ3) is 18.4. The predicted molar refractivity (Wildman–Crippen MR) is 476 cm³/mol. The van der Waals surface area contributed by atoms with Crippen molar-refractivity contribution in [2.75, 3.05) is 13.2 Å². The summed E-state index contributed by atoms with van der Waals surface area (Å²) in [4.78, 5) is 94.5. The molecule has 37 unspecified atom stereocenters. The van der Waals surface area contributed by atoms with Crippen LogP contribution in [-0.4, -0.2) is 82.9 Å². The lowest BCUT2D eigenvalue weighted by atomic mass is 9.70. The van der Waals surface area contributed by atoms with Gasteiger partial charge < -0.3 is 33.5 Å². The van der Waals surface area contributed by atoms with Crippen molar-refractivity contribution >= 4 is 47.8 Å². The number of hydrogen-bond donors (Lipinski definition) is 1. The molecule has 2 spiro atoms. The van der Waals surface area contributed by atoms with Crippen molar-refractivity contribution in [3.8, 4) is 0 Å². The van der Waals surface area contributed by atoms with E-state index in [1.54, 1.807) is 13.8 Å². The molecule has 3 heterocycles. The molecule has 1 N–H and O–H groups in total. The second-order valence-corrected chi connectivity index (χ2v) is 45.4. The third-order valence-corrected chi connectivity index (χ3v) is 39.8. The Hall–Kier alpha value is -4.04. The van der Waals surface area contributed by atoms with E-state index in [4.69, 9.17) is 23.7 Å². The van der Waals surface area contributed by atoms with E-state index in [1.165, 1.54) is 141 Å². The fraction of sp³-hybridized carbons (Fsp3) is 0.925. The first-order chi connectivity index (χ1) is 57.3. The number of carbonyl (C=O) groups is 8. The molecule has 3 aliphatic heterocycles. The highest BCUT2D eigenvalue weighted by atomic mass is 16.6. The molecule has 0 aromatic rings. The molecular weight excluding hydrogens is 1510 g/mol. The number of carboxylic acids is 1. The van der Waals surface area contributed by atoms with Gasteiger partial charge >= 0.3 is 47.8 Å². The van der Waals surface area contributed by atoms with Crippen LogP contribution >= 0.6 is 0 Å².